The molecule has 0 heterocycles. The maximum Gasteiger partial charge on any atom is 0.269 e. The van der Waals surface area contributed by atoms with Crippen LogP contribution in [0.5, 0.6) is 0 Å². The van der Waals surface area contributed by atoms with Crippen molar-refractivity contribution in [2.24, 2.45) is 0 Å². The van der Waals surface area contributed by atoms with Gasteiger partial charge in [0.05, 0.1) is 4.92 Å². The second-order valence-electron chi connectivity index (χ2n) is 4.54. The topological polar surface area (TPSA) is 60.2 Å². The van der Waals surface area contributed by atoms with E-state index in [1.54, 1.807) is 0 Å². The lowest BCUT2D eigenvalue weighted by molar-refractivity contribution is -0.384. The van der Waals surface area contributed by atoms with E-state index in [0.29, 0.717) is 12.0 Å². The van der Waals surface area contributed by atoms with Crippen molar-refractivity contribution in [2.75, 3.05) is 0 Å². The van der Waals surface area contributed by atoms with Crippen molar-refractivity contribution in [3.63, 3.8) is 0 Å². The Hall–Kier alpha value is -1.23. The van der Waals surface area contributed by atoms with E-state index in [0.717, 1.165) is 18.4 Å². The number of benzene rings is 1. The van der Waals surface area contributed by atoms with Crippen molar-refractivity contribution in [1.82, 2.24) is 0 Å². The van der Waals surface area contributed by atoms with Gasteiger partial charge in [0.25, 0.3) is 5.69 Å². The van der Waals surface area contributed by atoms with Gasteiger partial charge in [0, 0.05) is 17.7 Å². The highest BCUT2D eigenvalue weighted by Gasteiger charge is 2.13. The summed E-state index contributed by atoms with van der Waals surface area (Å²) >= 11 is 2.92. The van der Waals surface area contributed by atoms with Crippen LogP contribution in [-0.4, -0.2) is 9.62 Å². The van der Waals surface area contributed by atoms with E-state index in [1.165, 1.54) is 37.5 Å². The van der Waals surface area contributed by atoms with Gasteiger partial charge in [0.1, 0.15) is 0 Å². The molecule has 0 atom stereocenters. The van der Waals surface area contributed by atoms with Crippen LogP contribution in [0.2, 0.25) is 0 Å². The maximum atomic E-state index is 11.4. The Morgan fingerprint density at radius 2 is 1.95 bits per heavy atom. The second-order valence-corrected chi connectivity index (χ2v) is 5.26. The Morgan fingerprint density at radius 1 is 1.26 bits per heavy atom. The zero-order valence-electron chi connectivity index (χ0n) is 11.0. The summed E-state index contributed by atoms with van der Waals surface area (Å²) in [5.74, 6) is 0. The summed E-state index contributed by atoms with van der Waals surface area (Å²) in [6, 6.07) is 4.40. The number of carbonyl (C=O) groups is 1. The number of rotatable bonds is 8. The first-order valence-corrected chi connectivity index (χ1v) is 7.32. The Bertz CT molecular complexity index is 460. The monoisotopic (exact) mass is 327 g/mol. The normalized spacial score (nSPS) is 10.4. The van der Waals surface area contributed by atoms with Gasteiger partial charge in [-0.2, -0.15) is 0 Å². The standard InChI is InChI=1S/C14H18BrNO3/c1-2-3-4-5-6-7-11-10-12(16(18)19)8-9-13(11)14(15)17/h8-10H,2-7H2,1H3. The van der Waals surface area contributed by atoms with Crippen molar-refractivity contribution in [3.8, 4) is 0 Å². The molecule has 0 bridgehead atoms. The highest BCUT2D eigenvalue weighted by atomic mass is 79.9. The largest absolute Gasteiger partial charge is 0.281 e. The molecule has 19 heavy (non-hydrogen) atoms. The fraction of sp³-hybridized carbons (Fsp3) is 0.500. The smallest absolute Gasteiger partial charge is 0.269 e. The van der Waals surface area contributed by atoms with Gasteiger partial charge >= 0.3 is 0 Å². The van der Waals surface area contributed by atoms with E-state index in [1.807, 2.05) is 0 Å². The van der Waals surface area contributed by atoms with Gasteiger partial charge in [-0.3, -0.25) is 14.9 Å². The molecule has 104 valence electrons. The lowest BCUT2D eigenvalue weighted by atomic mass is 10.0. The zero-order chi connectivity index (χ0) is 14.3. The first kappa shape index (κ1) is 15.8. The molecule has 1 aromatic rings. The van der Waals surface area contributed by atoms with Gasteiger partial charge < -0.3 is 0 Å². The molecule has 0 unspecified atom stereocenters. The Morgan fingerprint density at radius 3 is 2.53 bits per heavy atom. The number of nitro benzene ring substituents is 1. The quantitative estimate of drug-likeness (QED) is 0.302. The lowest BCUT2D eigenvalue weighted by Crippen LogP contribution is -2.00. The van der Waals surface area contributed by atoms with Crippen LogP contribution in [-0.2, 0) is 6.42 Å². The summed E-state index contributed by atoms with van der Waals surface area (Å²) in [5.41, 5.74) is 1.33. The fourth-order valence-electron chi connectivity index (χ4n) is 2.01. The molecule has 0 saturated carbocycles. The number of non-ortho nitro benzene ring substituents is 1. The summed E-state index contributed by atoms with van der Waals surface area (Å²) in [4.78, 5) is 21.8. The third kappa shape index (κ3) is 5.11. The SMILES string of the molecule is CCCCCCCc1cc([N+](=O)[O-])ccc1C(=O)Br. The molecule has 0 amide bonds. The van der Waals surface area contributed by atoms with E-state index in [2.05, 4.69) is 22.9 Å². The number of nitrogens with zero attached hydrogens (tertiary/aromatic N) is 1. The molecule has 0 radical (unpaired) electrons. The average Bonchev–Trinajstić information content (AvgIpc) is 2.38. The first-order valence-electron chi connectivity index (χ1n) is 6.53. The zero-order valence-corrected chi connectivity index (χ0v) is 12.6. The molecule has 0 aliphatic heterocycles. The minimum absolute atomic E-state index is 0.0426. The molecule has 1 aromatic carbocycles. The number of hydrogen-bond donors (Lipinski definition) is 0. The van der Waals surface area contributed by atoms with Gasteiger partial charge in [-0.05, 0) is 40.4 Å². The third-order valence-electron chi connectivity index (χ3n) is 3.06. The minimum atomic E-state index is -0.428. The third-order valence-corrected chi connectivity index (χ3v) is 3.49. The average molecular weight is 328 g/mol. The second kappa shape index (κ2) is 8.04. The van der Waals surface area contributed by atoms with E-state index in [4.69, 9.17) is 0 Å². The van der Waals surface area contributed by atoms with E-state index in [9.17, 15) is 14.9 Å². The van der Waals surface area contributed by atoms with Crippen molar-refractivity contribution in [2.45, 2.75) is 45.4 Å². The van der Waals surface area contributed by atoms with Crippen LogP contribution >= 0.6 is 15.9 Å². The highest BCUT2D eigenvalue weighted by molar-refractivity contribution is 9.18. The van der Waals surface area contributed by atoms with Crippen LogP contribution in [0.3, 0.4) is 0 Å². The predicted octanol–water partition coefficient (Wildman–Crippen LogP) is 4.64. The molecule has 0 fully saturated rings. The molecule has 4 nitrogen and oxygen atoms in total. The molecule has 5 heteroatoms. The fourth-order valence-corrected chi connectivity index (χ4v) is 2.40. The van der Waals surface area contributed by atoms with Crippen LogP contribution in [0.15, 0.2) is 18.2 Å². The van der Waals surface area contributed by atoms with Crippen LogP contribution in [0.1, 0.15) is 54.9 Å². The number of hydrogen-bond acceptors (Lipinski definition) is 3. The summed E-state index contributed by atoms with van der Waals surface area (Å²) in [6.07, 6.45) is 6.31. The van der Waals surface area contributed by atoms with Gasteiger partial charge in [0.2, 0.25) is 4.69 Å². The van der Waals surface area contributed by atoms with Crippen LogP contribution in [0.25, 0.3) is 0 Å². The van der Waals surface area contributed by atoms with Gasteiger partial charge in [-0.15, -0.1) is 0 Å². The highest BCUT2D eigenvalue weighted by Crippen LogP contribution is 2.22. The van der Waals surface area contributed by atoms with Crippen LogP contribution < -0.4 is 0 Å². The summed E-state index contributed by atoms with van der Waals surface area (Å²) in [5, 5.41) is 10.8. The predicted molar refractivity (Wildman–Crippen MR) is 78.8 cm³/mol. The number of nitro groups is 1. The van der Waals surface area contributed by atoms with Gasteiger partial charge in [0.15, 0.2) is 0 Å². The van der Waals surface area contributed by atoms with E-state index in [-0.39, 0.29) is 10.4 Å². The molecule has 0 saturated heterocycles. The van der Waals surface area contributed by atoms with Crippen molar-refractivity contribution < 1.29 is 9.72 Å². The molecule has 0 aliphatic rings. The molecular formula is C14H18BrNO3. The maximum absolute atomic E-state index is 11.4. The number of aryl methyl sites for hydroxylation is 1. The first-order chi connectivity index (χ1) is 9.06. The summed E-state index contributed by atoms with van der Waals surface area (Å²) in [7, 11) is 0. The van der Waals surface area contributed by atoms with Gasteiger partial charge in [-0.1, -0.05) is 32.6 Å². The number of carbonyl (C=O) groups excluding carboxylic acids is 1. The number of unbranched alkanes of at least 4 members (excludes halogenated alkanes) is 4. The Kier molecular flexibility index (Phi) is 6.70. The molecule has 0 N–H and O–H groups in total. The van der Waals surface area contributed by atoms with Crippen molar-refractivity contribution >= 4 is 26.3 Å². The molecular weight excluding hydrogens is 310 g/mol. The summed E-state index contributed by atoms with van der Waals surface area (Å²) < 4.78 is -0.217. The minimum Gasteiger partial charge on any atom is -0.281 e. The van der Waals surface area contributed by atoms with Crippen LogP contribution in [0, 0.1) is 10.1 Å². The van der Waals surface area contributed by atoms with Crippen molar-refractivity contribution in [3.05, 3.63) is 39.4 Å². The molecule has 1 rings (SSSR count). The Labute approximate surface area is 121 Å². The molecule has 0 aliphatic carbocycles. The summed E-state index contributed by atoms with van der Waals surface area (Å²) in [6.45, 7) is 2.15. The number of halogens is 1. The van der Waals surface area contributed by atoms with Gasteiger partial charge in [-0.25, -0.2) is 0 Å². The van der Waals surface area contributed by atoms with E-state index < -0.39 is 4.92 Å². The van der Waals surface area contributed by atoms with E-state index >= 15 is 0 Å². The Balaban J connectivity index is 2.74. The van der Waals surface area contributed by atoms with Crippen molar-refractivity contribution in [1.29, 1.82) is 0 Å². The molecule has 0 spiro atoms. The lowest BCUT2D eigenvalue weighted by Gasteiger charge is -2.06. The molecule has 0 aromatic heterocycles. The van der Waals surface area contributed by atoms with Crippen LogP contribution in [0.4, 0.5) is 5.69 Å².